The van der Waals surface area contributed by atoms with Crippen LogP contribution in [-0.4, -0.2) is 34.9 Å². The summed E-state index contributed by atoms with van der Waals surface area (Å²) in [4.78, 5) is 14.5. The zero-order chi connectivity index (χ0) is 19.0. The molecule has 1 aromatic heterocycles. The molecule has 0 bridgehead atoms. The number of para-hydroxylation sites is 1. The number of anilines is 1. The molecule has 144 valence electrons. The maximum absolute atomic E-state index is 12.6. The molecule has 2 atom stereocenters. The molecule has 4 rings (SSSR count). The monoisotopic (exact) mass is 368 g/mol. The summed E-state index contributed by atoms with van der Waals surface area (Å²) in [7, 11) is 2.01. The van der Waals surface area contributed by atoms with Gasteiger partial charge in [0.15, 0.2) is 0 Å². The lowest BCUT2D eigenvalue weighted by Gasteiger charge is -2.22. The largest absolute Gasteiger partial charge is 0.376 e. The zero-order valence-corrected chi connectivity index (χ0v) is 16.4. The second kappa shape index (κ2) is 7.44. The van der Waals surface area contributed by atoms with Crippen LogP contribution in [-0.2, 0) is 36.2 Å². The third kappa shape index (κ3) is 3.51. The fourth-order valence-electron chi connectivity index (χ4n) is 4.22. The van der Waals surface area contributed by atoms with Crippen LogP contribution in [0, 0.1) is 12.8 Å². The highest BCUT2D eigenvalue weighted by Crippen LogP contribution is 2.29. The first-order valence-electron chi connectivity index (χ1n) is 9.75. The molecule has 2 aliphatic rings. The van der Waals surface area contributed by atoms with Crippen molar-refractivity contribution in [2.45, 2.75) is 45.9 Å². The fourth-order valence-corrected chi connectivity index (χ4v) is 4.22. The van der Waals surface area contributed by atoms with E-state index in [2.05, 4.69) is 30.3 Å². The first-order valence-corrected chi connectivity index (χ1v) is 9.75. The Balaban J connectivity index is 1.40. The average molecular weight is 368 g/mol. The molecule has 1 amide bonds. The molecule has 1 N–H and O–H groups in total. The molecule has 0 aliphatic carbocycles. The van der Waals surface area contributed by atoms with Gasteiger partial charge in [0, 0.05) is 61.9 Å². The summed E-state index contributed by atoms with van der Waals surface area (Å²) in [6.45, 7) is 7.13. The SMILES string of the molecule is Cc1ccccc1N1CC(C(C)NCc2nn(C)c3c2COCC3)CC1=O. The number of carbonyl (C=O) groups is 1. The number of aryl methyl sites for hydroxylation is 2. The van der Waals surface area contributed by atoms with Crippen LogP contribution in [0.15, 0.2) is 24.3 Å². The second-order valence-electron chi connectivity index (χ2n) is 7.72. The lowest BCUT2D eigenvalue weighted by Crippen LogP contribution is -2.35. The molecule has 0 radical (unpaired) electrons. The van der Waals surface area contributed by atoms with Gasteiger partial charge in [0.25, 0.3) is 0 Å². The molecule has 2 unspecified atom stereocenters. The third-order valence-electron chi connectivity index (χ3n) is 5.95. The van der Waals surface area contributed by atoms with Gasteiger partial charge < -0.3 is 15.0 Å². The summed E-state index contributed by atoms with van der Waals surface area (Å²) < 4.78 is 7.60. The molecule has 1 aromatic carbocycles. The average Bonchev–Trinajstić information content (AvgIpc) is 3.21. The van der Waals surface area contributed by atoms with Crippen molar-refractivity contribution >= 4 is 11.6 Å². The Kier molecular flexibility index (Phi) is 5.02. The Morgan fingerprint density at radius 2 is 2.19 bits per heavy atom. The molecule has 2 aromatic rings. The van der Waals surface area contributed by atoms with Crippen molar-refractivity contribution in [2.24, 2.45) is 13.0 Å². The number of ether oxygens (including phenoxy) is 1. The molecule has 6 heteroatoms. The molecule has 6 nitrogen and oxygen atoms in total. The van der Waals surface area contributed by atoms with Crippen LogP contribution in [0.5, 0.6) is 0 Å². The van der Waals surface area contributed by atoms with Crippen LogP contribution in [0.25, 0.3) is 0 Å². The van der Waals surface area contributed by atoms with Crippen molar-refractivity contribution in [1.29, 1.82) is 0 Å². The van der Waals surface area contributed by atoms with Crippen molar-refractivity contribution in [2.75, 3.05) is 18.1 Å². The van der Waals surface area contributed by atoms with Gasteiger partial charge >= 0.3 is 0 Å². The van der Waals surface area contributed by atoms with Gasteiger partial charge in [-0.1, -0.05) is 18.2 Å². The van der Waals surface area contributed by atoms with Crippen LogP contribution in [0.3, 0.4) is 0 Å². The predicted octanol–water partition coefficient (Wildman–Crippen LogP) is 2.33. The molecular weight excluding hydrogens is 340 g/mol. The number of benzene rings is 1. The number of nitrogens with one attached hydrogen (secondary N) is 1. The number of aromatic nitrogens is 2. The number of nitrogens with zero attached hydrogens (tertiary/aromatic N) is 3. The molecule has 1 fully saturated rings. The van der Waals surface area contributed by atoms with Crippen LogP contribution in [0.1, 0.15) is 35.9 Å². The van der Waals surface area contributed by atoms with E-state index < -0.39 is 0 Å². The Labute approximate surface area is 160 Å². The third-order valence-corrected chi connectivity index (χ3v) is 5.95. The molecule has 1 saturated heterocycles. The highest BCUT2D eigenvalue weighted by atomic mass is 16.5. The smallest absolute Gasteiger partial charge is 0.227 e. The number of rotatable bonds is 5. The van der Waals surface area contributed by atoms with E-state index >= 15 is 0 Å². The minimum Gasteiger partial charge on any atom is -0.376 e. The van der Waals surface area contributed by atoms with Gasteiger partial charge in [-0.05, 0) is 25.5 Å². The first kappa shape index (κ1) is 18.2. The number of amides is 1. The Bertz CT molecular complexity index is 845. The normalized spacial score (nSPS) is 20.8. The van der Waals surface area contributed by atoms with Crippen molar-refractivity contribution in [3.63, 3.8) is 0 Å². The van der Waals surface area contributed by atoms with E-state index in [1.54, 1.807) is 0 Å². The van der Waals surface area contributed by atoms with Gasteiger partial charge in [-0.25, -0.2) is 0 Å². The molecule has 2 aliphatic heterocycles. The van der Waals surface area contributed by atoms with E-state index in [1.165, 1.54) is 11.3 Å². The van der Waals surface area contributed by atoms with Crippen LogP contribution in [0.4, 0.5) is 5.69 Å². The van der Waals surface area contributed by atoms with E-state index in [-0.39, 0.29) is 11.9 Å². The van der Waals surface area contributed by atoms with E-state index in [4.69, 9.17) is 4.74 Å². The molecule has 27 heavy (non-hydrogen) atoms. The van der Waals surface area contributed by atoms with Gasteiger partial charge in [0.05, 0.1) is 18.9 Å². The van der Waals surface area contributed by atoms with Crippen LogP contribution < -0.4 is 10.2 Å². The van der Waals surface area contributed by atoms with Gasteiger partial charge in [0.1, 0.15) is 0 Å². The summed E-state index contributed by atoms with van der Waals surface area (Å²) in [5.41, 5.74) is 5.76. The van der Waals surface area contributed by atoms with Gasteiger partial charge in [0.2, 0.25) is 5.91 Å². The minimum absolute atomic E-state index is 0.214. The number of hydrogen-bond acceptors (Lipinski definition) is 4. The lowest BCUT2D eigenvalue weighted by atomic mass is 10.00. The highest BCUT2D eigenvalue weighted by Gasteiger charge is 2.34. The minimum atomic E-state index is 0.214. The van der Waals surface area contributed by atoms with Gasteiger partial charge in [-0.2, -0.15) is 5.10 Å². The summed E-state index contributed by atoms with van der Waals surface area (Å²) in [6, 6.07) is 8.35. The van der Waals surface area contributed by atoms with E-state index in [0.717, 1.165) is 36.5 Å². The van der Waals surface area contributed by atoms with E-state index in [9.17, 15) is 4.79 Å². The van der Waals surface area contributed by atoms with Crippen molar-refractivity contribution < 1.29 is 9.53 Å². The summed E-state index contributed by atoms with van der Waals surface area (Å²) in [5.74, 6) is 0.513. The summed E-state index contributed by atoms with van der Waals surface area (Å²) >= 11 is 0. The summed E-state index contributed by atoms with van der Waals surface area (Å²) in [6.07, 6.45) is 1.52. The second-order valence-corrected chi connectivity index (χ2v) is 7.72. The maximum Gasteiger partial charge on any atom is 0.227 e. The summed E-state index contributed by atoms with van der Waals surface area (Å²) in [5, 5.41) is 8.28. The standard InChI is InChI=1S/C21H28N4O2/c1-14-6-4-5-7-19(14)25-12-16(10-21(25)26)15(2)22-11-18-17-13-27-9-8-20(17)24(3)23-18/h4-7,15-16,22H,8-13H2,1-3H3. The van der Waals surface area contributed by atoms with Crippen LogP contribution in [0.2, 0.25) is 0 Å². The molecule has 0 spiro atoms. The van der Waals surface area contributed by atoms with E-state index in [1.807, 2.05) is 34.8 Å². The van der Waals surface area contributed by atoms with Gasteiger partial charge in [-0.15, -0.1) is 0 Å². The highest BCUT2D eigenvalue weighted by molar-refractivity contribution is 5.96. The quantitative estimate of drug-likeness (QED) is 0.880. The van der Waals surface area contributed by atoms with Crippen molar-refractivity contribution in [3.05, 3.63) is 46.8 Å². The fraction of sp³-hybridized carbons (Fsp3) is 0.524. The molecule has 0 saturated carbocycles. The number of carbonyl (C=O) groups excluding carboxylic acids is 1. The Hall–Kier alpha value is -2.18. The topological polar surface area (TPSA) is 59.4 Å². The van der Waals surface area contributed by atoms with Gasteiger partial charge in [-0.3, -0.25) is 9.48 Å². The lowest BCUT2D eigenvalue weighted by molar-refractivity contribution is -0.117. The van der Waals surface area contributed by atoms with E-state index in [0.29, 0.717) is 25.5 Å². The Morgan fingerprint density at radius 1 is 1.37 bits per heavy atom. The van der Waals surface area contributed by atoms with Crippen molar-refractivity contribution in [3.8, 4) is 0 Å². The first-order chi connectivity index (χ1) is 13.0. The Morgan fingerprint density at radius 3 is 3.00 bits per heavy atom. The van der Waals surface area contributed by atoms with Crippen LogP contribution >= 0.6 is 0 Å². The molecule has 3 heterocycles. The number of hydrogen-bond donors (Lipinski definition) is 1. The zero-order valence-electron chi connectivity index (χ0n) is 16.4. The predicted molar refractivity (Wildman–Crippen MR) is 105 cm³/mol. The molecular formula is C21H28N4O2. The maximum atomic E-state index is 12.6. The number of fused-ring (bicyclic) bond motifs is 1. The van der Waals surface area contributed by atoms with Crippen molar-refractivity contribution in [1.82, 2.24) is 15.1 Å².